The lowest BCUT2D eigenvalue weighted by atomic mass is 9.79. The number of aromatic nitrogens is 4. The molecule has 1 saturated heterocycles. The summed E-state index contributed by atoms with van der Waals surface area (Å²) in [7, 11) is -0.400. The smallest absolute Gasteiger partial charge is 0.399 e. The Hall–Kier alpha value is -3.42. The first-order valence-electron chi connectivity index (χ1n) is 11.0. The molecule has 0 N–H and O–H groups in total. The summed E-state index contributed by atoms with van der Waals surface area (Å²) in [6, 6.07) is 21.6. The van der Waals surface area contributed by atoms with E-state index in [4.69, 9.17) is 19.3 Å². The number of pyridine rings is 2. The molecule has 0 spiro atoms. The molecule has 4 aromatic rings. The Kier molecular flexibility index (Phi) is 5.31. The third-order valence-corrected chi connectivity index (χ3v) is 6.28. The highest BCUT2D eigenvalue weighted by atomic mass is 16.7. The van der Waals surface area contributed by atoms with Crippen LogP contribution in [0.4, 0.5) is 0 Å². The average molecular weight is 436 g/mol. The van der Waals surface area contributed by atoms with E-state index < -0.39 is 7.12 Å². The van der Waals surface area contributed by atoms with E-state index in [2.05, 4.69) is 37.7 Å². The molecule has 0 aliphatic carbocycles. The largest absolute Gasteiger partial charge is 0.494 e. The van der Waals surface area contributed by atoms with E-state index in [1.807, 2.05) is 66.7 Å². The van der Waals surface area contributed by atoms with E-state index in [9.17, 15) is 0 Å². The summed E-state index contributed by atoms with van der Waals surface area (Å²) in [6.07, 6.45) is 3.50. The minimum absolute atomic E-state index is 0.377. The Morgan fingerprint density at radius 2 is 1.21 bits per heavy atom. The van der Waals surface area contributed by atoms with Crippen LogP contribution in [0.5, 0.6) is 0 Å². The van der Waals surface area contributed by atoms with Crippen molar-refractivity contribution in [3.05, 3.63) is 79.1 Å². The van der Waals surface area contributed by atoms with Crippen LogP contribution in [0.15, 0.2) is 79.1 Å². The minimum Gasteiger partial charge on any atom is -0.399 e. The van der Waals surface area contributed by atoms with Gasteiger partial charge in [-0.25, -0.2) is 9.97 Å². The molecule has 0 atom stereocenters. The van der Waals surface area contributed by atoms with Gasteiger partial charge in [-0.1, -0.05) is 36.4 Å². The average Bonchev–Trinajstić information content (AvgIpc) is 3.07. The van der Waals surface area contributed by atoms with Gasteiger partial charge in [-0.2, -0.15) is 0 Å². The lowest BCUT2D eigenvalue weighted by Gasteiger charge is -2.32. The molecule has 0 unspecified atom stereocenters. The van der Waals surface area contributed by atoms with Crippen molar-refractivity contribution in [1.29, 1.82) is 0 Å². The molecule has 1 aliphatic rings. The van der Waals surface area contributed by atoms with Crippen LogP contribution in [-0.2, 0) is 9.31 Å². The van der Waals surface area contributed by atoms with Crippen LogP contribution in [0, 0.1) is 0 Å². The Morgan fingerprint density at radius 1 is 0.636 bits per heavy atom. The summed E-state index contributed by atoms with van der Waals surface area (Å²) in [6.45, 7) is 8.22. The van der Waals surface area contributed by atoms with E-state index in [1.165, 1.54) is 0 Å². The monoisotopic (exact) mass is 436 g/mol. The van der Waals surface area contributed by atoms with Gasteiger partial charge in [0.2, 0.25) is 0 Å². The van der Waals surface area contributed by atoms with Crippen molar-refractivity contribution in [2.75, 3.05) is 0 Å². The molecule has 3 aromatic heterocycles. The zero-order valence-corrected chi connectivity index (χ0v) is 19.2. The third kappa shape index (κ3) is 4.17. The lowest BCUT2D eigenvalue weighted by molar-refractivity contribution is 0.00578. The van der Waals surface area contributed by atoms with Crippen molar-refractivity contribution in [2.45, 2.75) is 38.9 Å². The van der Waals surface area contributed by atoms with Crippen LogP contribution in [0.3, 0.4) is 0 Å². The predicted molar refractivity (Wildman–Crippen MR) is 130 cm³/mol. The van der Waals surface area contributed by atoms with Crippen LogP contribution >= 0.6 is 0 Å². The number of benzene rings is 1. The Bertz CT molecular complexity index is 1190. The molecule has 5 rings (SSSR count). The second-order valence-corrected chi connectivity index (χ2v) is 9.10. The van der Waals surface area contributed by atoms with Crippen LogP contribution in [-0.4, -0.2) is 38.3 Å². The highest BCUT2D eigenvalue weighted by Crippen LogP contribution is 2.36. The van der Waals surface area contributed by atoms with Gasteiger partial charge in [-0.05, 0) is 63.5 Å². The van der Waals surface area contributed by atoms with Crippen molar-refractivity contribution < 1.29 is 9.31 Å². The highest BCUT2D eigenvalue weighted by Gasteiger charge is 2.51. The highest BCUT2D eigenvalue weighted by molar-refractivity contribution is 6.62. The van der Waals surface area contributed by atoms with Gasteiger partial charge >= 0.3 is 7.12 Å². The van der Waals surface area contributed by atoms with Crippen LogP contribution < -0.4 is 5.46 Å². The second-order valence-electron chi connectivity index (χ2n) is 9.10. The first kappa shape index (κ1) is 21.4. The molecule has 1 fully saturated rings. The maximum Gasteiger partial charge on any atom is 0.494 e. The molecule has 0 radical (unpaired) electrons. The normalized spacial score (nSPS) is 16.7. The Balaban J connectivity index is 1.52. The summed E-state index contributed by atoms with van der Waals surface area (Å²) >= 11 is 0. The second kappa shape index (κ2) is 8.17. The molecule has 0 saturated carbocycles. The summed E-state index contributed by atoms with van der Waals surface area (Å²) < 4.78 is 12.4. The van der Waals surface area contributed by atoms with Gasteiger partial charge in [-0.3, -0.25) is 9.97 Å². The summed E-state index contributed by atoms with van der Waals surface area (Å²) in [5.41, 5.74) is 4.23. The first-order chi connectivity index (χ1) is 15.8. The summed E-state index contributed by atoms with van der Waals surface area (Å²) in [5, 5.41) is 0. The molecule has 6 nitrogen and oxygen atoms in total. The van der Waals surface area contributed by atoms with Gasteiger partial charge in [0.15, 0.2) is 5.82 Å². The van der Waals surface area contributed by atoms with Gasteiger partial charge < -0.3 is 9.31 Å². The molecule has 7 heteroatoms. The predicted octanol–water partition coefficient (Wildman–Crippen LogP) is 4.57. The van der Waals surface area contributed by atoms with Crippen molar-refractivity contribution in [1.82, 2.24) is 19.9 Å². The molecular weight excluding hydrogens is 411 g/mol. The fourth-order valence-corrected chi connectivity index (χ4v) is 3.64. The zero-order chi connectivity index (χ0) is 23.1. The molecule has 0 bridgehead atoms. The van der Waals surface area contributed by atoms with Gasteiger partial charge in [0.1, 0.15) is 5.69 Å². The third-order valence-electron chi connectivity index (χ3n) is 6.28. The molecule has 164 valence electrons. The fourth-order valence-electron chi connectivity index (χ4n) is 3.64. The van der Waals surface area contributed by atoms with E-state index in [0.717, 1.165) is 28.1 Å². The lowest BCUT2D eigenvalue weighted by Crippen LogP contribution is -2.41. The van der Waals surface area contributed by atoms with Gasteiger partial charge in [-0.15, -0.1) is 0 Å². The number of rotatable bonds is 4. The molecule has 0 amide bonds. The first-order valence-corrected chi connectivity index (χ1v) is 11.0. The van der Waals surface area contributed by atoms with Gasteiger partial charge in [0.05, 0.1) is 28.3 Å². The molecular formula is C26H25BN4O2. The standard InChI is InChI=1S/C26H25BN4O2/c1-25(2)26(3,4)33-27(32-25)19-13-11-18(12-14-19)22-17-23(20-9-5-7-15-28-20)31-24(30-22)21-10-6-8-16-29-21/h5-17H,1-4H3. The van der Waals surface area contributed by atoms with Crippen molar-refractivity contribution in [3.8, 4) is 34.2 Å². The number of hydrogen-bond acceptors (Lipinski definition) is 6. The quantitative estimate of drug-likeness (QED) is 0.437. The topological polar surface area (TPSA) is 70.0 Å². The zero-order valence-electron chi connectivity index (χ0n) is 19.2. The number of hydrogen-bond donors (Lipinski definition) is 0. The van der Waals surface area contributed by atoms with Crippen molar-refractivity contribution in [3.63, 3.8) is 0 Å². The van der Waals surface area contributed by atoms with Crippen molar-refractivity contribution in [2.24, 2.45) is 0 Å². The Labute approximate surface area is 194 Å². The van der Waals surface area contributed by atoms with Crippen LogP contribution in [0.25, 0.3) is 34.2 Å². The summed E-state index contributed by atoms with van der Waals surface area (Å²) in [4.78, 5) is 18.4. The van der Waals surface area contributed by atoms with Gasteiger partial charge in [0.25, 0.3) is 0 Å². The molecule has 1 aliphatic heterocycles. The fraction of sp³-hybridized carbons (Fsp3) is 0.231. The molecule has 33 heavy (non-hydrogen) atoms. The van der Waals surface area contributed by atoms with E-state index in [-0.39, 0.29) is 11.2 Å². The Morgan fingerprint density at radius 3 is 1.79 bits per heavy atom. The van der Waals surface area contributed by atoms with Crippen molar-refractivity contribution >= 4 is 12.6 Å². The van der Waals surface area contributed by atoms with E-state index in [1.54, 1.807) is 12.4 Å². The summed E-state index contributed by atoms with van der Waals surface area (Å²) in [5.74, 6) is 0.559. The van der Waals surface area contributed by atoms with Gasteiger partial charge in [0, 0.05) is 18.0 Å². The molecule has 4 heterocycles. The van der Waals surface area contributed by atoms with E-state index >= 15 is 0 Å². The maximum absolute atomic E-state index is 6.19. The van der Waals surface area contributed by atoms with Crippen LogP contribution in [0.1, 0.15) is 27.7 Å². The van der Waals surface area contributed by atoms with E-state index in [0.29, 0.717) is 11.5 Å². The number of nitrogens with zero attached hydrogens (tertiary/aromatic N) is 4. The minimum atomic E-state index is -0.400. The molecule has 1 aromatic carbocycles. The SMILES string of the molecule is CC1(C)OB(c2ccc(-c3cc(-c4ccccn4)nc(-c4ccccn4)n3)cc2)OC1(C)C. The van der Waals surface area contributed by atoms with Crippen LogP contribution in [0.2, 0.25) is 0 Å². The maximum atomic E-state index is 6.19.